The minimum atomic E-state index is -3.81. The Hall–Kier alpha value is -2.67. The topological polar surface area (TPSA) is 101 Å². The van der Waals surface area contributed by atoms with E-state index in [4.69, 9.17) is 0 Å². The van der Waals surface area contributed by atoms with Crippen LogP contribution in [0.25, 0.3) is 0 Å². The lowest BCUT2D eigenvalue weighted by molar-refractivity contribution is -0.126. The van der Waals surface area contributed by atoms with Gasteiger partial charge in [-0.1, -0.05) is 18.2 Å². The number of phenols is 1. The first-order chi connectivity index (χ1) is 11.2. The average Bonchev–Trinajstić information content (AvgIpc) is 2.50. The molecule has 2 aromatic carbocycles. The number of anilines is 1. The van der Waals surface area contributed by atoms with Gasteiger partial charge in [-0.05, 0) is 44.2 Å². The van der Waals surface area contributed by atoms with Crippen LogP contribution in [-0.2, 0) is 19.6 Å². The van der Waals surface area contributed by atoms with Crippen molar-refractivity contribution < 1.29 is 23.1 Å². The Bertz CT molecular complexity index is 861. The largest absolute Gasteiger partial charge is 0.508 e. The number of Topliss-reactive ketones (excluding diaryl/α,β-unsaturated/α-hetero) is 2. The molecule has 0 saturated carbocycles. The molecule has 0 fully saturated rings. The Balaban J connectivity index is 2.42. The number of carbonyl (C=O) groups excluding carboxylic acids is 2. The third-order valence-electron chi connectivity index (χ3n) is 3.46. The molecule has 7 heteroatoms. The average molecular weight is 347 g/mol. The quantitative estimate of drug-likeness (QED) is 0.617. The van der Waals surface area contributed by atoms with Gasteiger partial charge in [0.15, 0.2) is 0 Å². The fraction of sp³-hybridized carbons (Fsp3) is 0.176. The summed E-state index contributed by atoms with van der Waals surface area (Å²) in [6.45, 7) is 2.48. The van der Waals surface area contributed by atoms with Gasteiger partial charge in [0.2, 0.25) is 0 Å². The maximum atomic E-state index is 12.3. The molecule has 2 N–H and O–H groups in total. The number of carbonyl (C=O) groups is 2. The monoisotopic (exact) mass is 347 g/mol. The second-order valence-electron chi connectivity index (χ2n) is 5.35. The van der Waals surface area contributed by atoms with Gasteiger partial charge in [-0.15, -0.1) is 0 Å². The molecule has 0 aliphatic heterocycles. The van der Waals surface area contributed by atoms with Gasteiger partial charge in [0.1, 0.15) is 23.2 Å². The van der Waals surface area contributed by atoms with E-state index in [9.17, 15) is 23.1 Å². The number of ketones is 2. The van der Waals surface area contributed by atoms with Gasteiger partial charge in [-0.3, -0.25) is 14.3 Å². The molecule has 0 aliphatic rings. The van der Waals surface area contributed by atoms with Crippen LogP contribution in [0.1, 0.15) is 25.3 Å². The van der Waals surface area contributed by atoms with Crippen LogP contribution in [-0.4, -0.2) is 25.1 Å². The summed E-state index contributed by atoms with van der Waals surface area (Å²) in [6.07, 6.45) is 0. The first-order valence-electron chi connectivity index (χ1n) is 7.14. The van der Waals surface area contributed by atoms with E-state index in [0.29, 0.717) is 0 Å². The fourth-order valence-corrected chi connectivity index (χ4v) is 3.46. The lowest BCUT2D eigenvalue weighted by Crippen LogP contribution is -2.18. The molecule has 2 rings (SSSR count). The molecule has 6 nitrogen and oxygen atoms in total. The highest BCUT2D eigenvalue weighted by Crippen LogP contribution is 2.31. The number of hydrogen-bond donors (Lipinski definition) is 2. The number of sulfonamides is 1. The highest BCUT2D eigenvalue weighted by molar-refractivity contribution is 7.92. The normalized spacial score (nSPS) is 11.3. The molecule has 0 atom stereocenters. The van der Waals surface area contributed by atoms with E-state index in [0.717, 1.165) is 0 Å². The molecule has 2 aromatic rings. The van der Waals surface area contributed by atoms with Crippen molar-refractivity contribution in [2.24, 2.45) is 0 Å². The molecule has 0 saturated heterocycles. The first kappa shape index (κ1) is 17.7. The van der Waals surface area contributed by atoms with Crippen molar-refractivity contribution in [3.05, 3.63) is 54.1 Å². The van der Waals surface area contributed by atoms with Crippen molar-refractivity contribution in [1.29, 1.82) is 0 Å². The molecule has 0 aliphatic carbocycles. The minimum Gasteiger partial charge on any atom is -0.508 e. The number of rotatable bonds is 6. The third-order valence-corrected chi connectivity index (χ3v) is 4.85. The highest BCUT2D eigenvalue weighted by Gasteiger charge is 2.25. The van der Waals surface area contributed by atoms with Crippen LogP contribution >= 0.6 is 0 Å². The van der Waals surface area contributed by atoms with Crippen molar-refractivity contribution in [3.63, 3.8) is 0 Å². The smallest absolute Gasteiger partial charge is 0.261 e. The Kier molecular flexibility index (Phi) is 5.04. The molecule has 0 heterocycles. The molecule has 24 heavy (non-hydrogen) atoms. The summed E-state index contributed by atoms with van der Waals surface area (Å²) in [6, 6.07) is 11.7. The summed E-state index contributed by atoms with van der Waals surface area (Å²) in [4.78, 5) is 23.4. The summed E-state index contributed by atoms with van der Waals surface area (Å²) in [5, 5.41) is 9.94. The summed E-state index contributed by atoms with van der Waals surface area (Å²) >= 11 is 0. The lowest BCUT2D eigenvalue weighted by atomic mass is 9.91. The van der Waals surface area contributed by atoms with E-state index in [1.165, 1.54) is 44.2 Å². The first-order valence-corrected chi connectivity index (χ1v) is 8.62. The van der Waals surface area contributed by atoms with E-state index < -0.39 is 27.5 Å². The van der Waals surface area contributed by atoms with E-state index in [1.807, 2.05) is 0 Å². The predicted molar refractivity (Wildman–Crippen MR) is 89.5 cm³/mol. The summed E-state index contributed by atoms with van der Waals surface area (Å²) in [7, 11) is -3.81. The van der Waals surface area contributed by atoms with Crippen LogP contribution in [0.4, 0.5) is 5.69 Å². The SMILES string of the molecule is CC(=O)C(C(C)=O)c1cc(NS(=O)(=O)c2ccccc2)ccc1O. The molecule has 0 bridgehead atoms. The Labute approximate surface area is 140 Å². The molecule has 126 valence electrons. The standard InChI is InChI=1S/C17H17NO5S/c1-11(19)17(12(2)20)15-10-13(8-9-16(15)21)18-24(22,23)14-6-4-3-5-7-14/h3-10,17-18,21H,1-2H3. The second kappa shape index (κ2) is 6.84. The third kappa shape index (κ3) is 3.80. The zero-order chi connectivity index (χ0) is 17.9. The van der Waals surface area contributed by atoms with Crippen LogP contribution in [0.15, 0.2) is 53.4 Å². The summed E-state index contributed by atoms with van der Waals surface area (Å²) < 4.78 is 27.0. The Morgan fingerprint density at radius 1 is 1.00 bits per heavy atom. The molecule has 0 radical (unpaired) electrons. The number of phenolic OH excluding ortho intramolecular Hbond substituents is 1. The van der Waals surface area contributed by atoms with Gasteiger partial charge in [-0.2, -0.15) is 0 Å². The van der Waals surface area contributed by atoms with Crippen molar-refractivity contribution in [2.45, 2.75) is 24.7 Å². The van der Waals surface area contributed by atoms with Gasteiger partial charge in [0.05, 0.1) is 4.90 Å². The lowest BCUT2D eigenvalue weighted by Gasteiger charge is -2.15. The van der Waals surface area contributed by atoms with E-state index in [1.54, 1.807) is 18.2 Å². The highest BCUT2D eigenvalue weighted by atomic mass is 32.2. The van der Waals surface area contributed by atoms with Gasteiger partial charge < -0.3 is 5.11 Å². The maximum absolute atomic E-state index is 12.3. The zero-order valence-corrected chi connectivity index (χ0v) is 14.0. The number of aromatic hydroxyl groups is 1. The summed E-state index contributed by atoms with van der Waals surface area (Å²) in [5.41, 5.74) is 0.224. The van der Waals surface area contributed by atoms with Crippen molar-refractivity contribution in [1.82, 2.24) is 0 Å². The van der Waals surface area contributed by atoms with Crippen molar-refractivity contribution >= 4 is 27.3 Å². The Morgan fingerprint density at radius 3 is 2.12 bits per heavy atom. The molecule has 0 spiro atoms. The van der Waals surface area contributed by atoms with E-state index >= 15 is 0 Å². The molecule has 0 aromatic heterocycles. The molecule has 0 unspecified atom stereocenters. The van der Waals surface area contributed by atoms with Crippen LogP contribution < -0.4 is 4.72 Å². The van der Waals surface area contributed by atoms with Crippen molar-refractivity contribution in [3.8, 4) is 5.75 Å². The van der Waals surface area contributed by atoms with E-state index in [-0.39, 0.29) is 21.9 Å². The maximum Gasteiger partial charge on any atom is 0.261 e. The fourth-order valence-electron chi connectivity index (χ4n) is 2.39. The number of nitrogens with one attached hydrogen (secondary N) is 1. The zero-order valence-electron chi connectivity index (χ0n) is 13.2. The van der Waals surface area contributed by atoms with Gasteiger partial charge in [0.25, 0.3) is 10.0 Å². The van der Waals surface area contributed by atoms with Crippen LogP contribution in [0.3, 0.4) is 0 Å². The predicted octanol–water partition coefficient (Wildman–Crippen LogP) is 2.45. The van der Waals surface area contributed by atoms with Crippen molar-refractivity contribution in [2.75, 3.05) is 4.72 Å². The van der Waals surface area contributed by atoms with Gasteiger partial charge in [0, 0.05) is 11.3 Å². The molecular weight excluding hydrogens is 330 g/mol. The molecule has 0 amide bonds. The van der Waals surface area contributed by atoms with Gasteiger partial charge >= 0.3 is 0 Å². The number of benzene rings is 2. The second-order valence-corrected chi connectivity index (χ2v) is 7.03. The minimum absolute atomic E-state index is 0.0725. The van der Waals surface area contributed by atoms with Gasteiger partial charge in [-0.25, -0.2) is 8.42 Å². The Morgan fingerprint density at radius 2 is 1.58 bits per heavy atom. The number of hydrogen-bond acceptors (Lipinski definition) is 5. The van der Waals surface area contributed by atoms with E-state index in [2.05, 4.69) is 4.72 Å². The van der Waals surface area contributed by atoms with Crippen LogP contribution in [0, 0.1) is 0 Å². The van der Waals surface area contributed by atoms with Crippen LogP contribution in [0.5, 0.6) is 5.75 Å². The summed E-state index contributed by atoms with van der Waals surface area (Å²) in [5.74, 6) is -2.24. The van der Waals surface area contributed by atoms with Crippen LogP contribution in [0.2, 0.25) is 0 Å². The molecular formula is C17H17NO5S.